The fourth-order valence-corrected chi connectivity index (χ4v) is 5.91. The summed E-state index contributed by atoms with van der Waals surface area (Å²) in [4.78, 5) is 66.6. The number of rotatable bonds is 14. The number of aliphatic carboxylic acids is 2. The molecule has 2 aliphatic rings. The lowest BCUT2D eigenvalue weighted by atomic mass is 9.75. The Balaban J connectivity index is 1.73. The van der Waals surface area contributed by atoms with Crippen LogP contribution in [0.4, 0.5) is 5.69 Å². The average molecular weight is 559 g/mol. The molecule has 0 saturated heterocycles. The van der Waals surface area contributed by atoms with Crippen molar-refractivity contribution in [2.24, 2.45) is 17.1 Å². The largest absolute Gasteiger partial charge is 0.481 e. The summed E-state index contributed by atoms with van der Waals surface area (Å²) < 4.78 is 0. The van der Waals surface area contributed by atoms with Gasteiger partial charge in [-0.05, 0) is 63.1 Å². The normalized spacial score (nSPS) is 18.9. The molecule has 1 aromatic rings. The van der Waals surface area contributed by atoms with Crippen molar-refractivity contribution in [3.05, 3.63) is 29.8 Å². The molecule has 1 aliphatic heterocycles. The number of carboxylic acid groups (broad SMARTS) is 2. The van der Waals surface area contributed by atoms with Crippen LogP contribution in [0.25, 0.3) is 0 Å². The number of carbonyl (C=O) groups excluding carboxylic acids is 3. The van der Waals surface area contributed by atoms with E-state index in [1.165, 1.54) is 9.80 Å². The molecule has 11 heteroatoms. The van der Waals surface area contributed by atoms with Crippen molar-refractivity contribution >= 4 is 35.3 Å². The molecule has 0 aromatic heterocycles. The summed E-state index contributed by atoms with van der Waals surface area (Å²) in [6.07, 6.45) is 5.49. The third kappa shape index (κ3) is 7.80. The number of para-hydroxylation sites is 1. The minimum atomic E-state index is -1.17. The number of fused-ring (bicyclic) bond motifs is 1. The number of amides is 3. The number of nitrogens with one attached hydrogen (secondary N) is 1. The molecule has 3 amide bonds. The number of nitrogens with zero attached hydrogens (tertiary/aromatic N) is 2. The molecule has 1 saturated carbocycles. The van der Waals surface area contributed by atoms with Crippen LogP contribution in [0.5, 0.6) is 0 Å². The molecule has 1 aromatic carbocycles. The summed E-state index contributed by atoms with van der Waals surface area (Å²) in [5, 5.41) is 22.3. The highest BCUT2D eigenvalue weighted by Gasteiger charge is 2.46. The second-order valence-electron chi connectivity index (χ2n) is 11.1. The fourth-order valence-electron chi connectivity index (χ4n) is 5.91. The molecule has 1 fully saturated rings. The van der Waals surface area contributed by atoms with E-state index in [0.29, 0.717) is 44.5 Å². The highest BCUT2D eigenvalue weighted by atomic mass is 16.4. The molecule has 0 radical (unpaired) electrons. The minimum Gasteiger partial charge on any atom is -0.481 e. The van der Waals surface area contributed by atoms with E-state index in [-0.39, 0.29) is 18.7 Å². The summed E-state index contributed by atoms with van der Waals surface area (Å²) in [7, 11) is 1.65. The van der Waals surface area contributed by atoms with Gasteiger partial charge in [-0.1, -0.05) is 37.5 Å². The standard InChI is InChI=1S/C29H42N4O7/c1-32(16-8-2-7-15-30)24(34)17-21(27(38)39)18-29(13-5-6-14-29)28(40)31-22-12-11-20-9-3-4-10-23(20)33(26(22)37)19-25(35)36/h3-4,9-10,21-22H,2,5-8,11-19,30H2,1H3,(H,31,40)(H,35,36)(H,38,39). The van der Waals surface area contributed by atoms with Gasteiger partial charge in [0.1, 0.15) is 12.6 Å². The zero-order chi connectivity index (χ0) is 29.3. The Morgan fingerprint density at radius 1 is 1.12 bits per heavy atom. The Hall–Kier alpha value is -3.47. The zero-order valence-electron chi connectivity index (χ0n) is 23.3. The van der Waals surface area contributed by atoms with Gasteiger partial charge in [0.15, 0.2) is 0 Å². The van der Waals surface area contributed by atoms with E-state index in [9.17, 15) is 34.2 Å². The molecular weight excluding hydrogens is 516 g/mol. The smallest absolute Gasteiger partial charge is 0.323 e. The van der Waals surface area contributed by atoms with Crippen LogP contribution >= 0.6 is 0 Å². The molecule has 5 N–H and O–H groups in total. The van der Waals surface area contributed by atoms with Crippen LogP contribution in [0.2, 0.25) is 0 Å². The van der Waals surface area contributed by atoms with Gasteiger partial charge >= 0.3 is 11.9 Å². The summed E-state index contributed by atoms with van der Waals surface area (Å²) >= 11 is 0. The van der Waals surface area contributed by atoms with Crippen LogP contribution in [0.15, 0.2) is 24.3 Å². The van der Waals surface area contributed by atoms with Crippen LogP contribution in [0.1, 0.15) is 69.8 Å². The van der Waals surface area contributed by atoms with Gasteiger partial charge in [0.25, 0.3) is 0 Å². The summed E-state index contributed by atoms with van der Waals surface area (Å²) in [6, 6.07) is 6.14. The Morgan fingerprint density at radius 3 is 2.48 bits per heavy atom. The highest BCUT2D eigenvalue weighted by Crippen LogP contribution is 2.44. The summed E-state index contributed by atoms with van der Waals surface area (Å²) in [5.41, 5.74) is 5.84. The van der Waals surface area contributed by atoms with Crippen molar-refractivity contribution in [2.45, 2.75) is 76.7 Å². The maximum atomic E-state index is 13.8. The maximum Gasteiger partial charge on any atom is 0.323 e. The quantitative estimate of drug-likeness (QED) is 0.252. The number of nitrogens with two attached hydrogens (primary N) is 1. The first-order chi connectivity index (χ1) is 19.1. The van der Waals surface area contributed by atoms with Crippen molar-refractivity contribution in [2.75, 3.05) is 31.6 Å². The first-order valence-corrected chi connectivity index (χ1v) is 14.2. The fraction of sp³-hybridized carbons (Fsp3) is 0.621. The molecule has 40 heavy (non-hydrogen) atoms. The highest BCUT2D eigenvalue weighted by molar-refractivity contribution is 6.03. The number of unbranched alkanes of at least 4 members (excludes halogenated alkanes) is 2. The van der Waals surface area contributed by atoms with Gasteiger partial charge in [-0.25, -0.2) is 0 Å². The predicted molar refractivity (Wildman–Crippen MR) is 148 cm³/mol. The lowest BCUT2D eigenvalue weighted by Gasteiger charge is -2.33. The van der Waals surface area contributed by atoms with E-state index in [2.05, 4.69) is 5.32 Å². The van der Waals surface area contributed by atoms with Crippen LogP contribution in [-0.2, 0) is 30.4 Å². The molecule has 2 atom stereocenters. The van der Waals surface area contributed by atoms with E-state index >= 15 is 0 Å². The molecule has 0 bridgehead atoms. The number of anilines is 1. The van der Waals surface area contributed by atoms with Crippen LogP contribution in [0.3, 0.4) is 0 Å². The van der Waals surface area contributed by atoms with E-state index in [0.717, 1.165) is 37.7 Å². The first-order valence-electron chi connectivity index (χ1n) is 14.2. The van der Waals surface area contributed by atoms with Crippen molar-refractivity contribution in [1.29, 1.82) is 0 Å². The van der Waals surface area contributed by atoms with Crippen molar-refractivity contribution in [3.63, 3.8) is 0 Å². The molecule has 0 spiro atoms. The minimum absolute atomic E-state index is 0.000889. The van der Waals surface area contributed by atoms with Gasteiger partial charge in [-0.2, -0.15) is 0 Å². The van der Waals surface area contributed by atoms with Gasteiger partial charge in [-0.15, -0.1) is 0 Å². The van der Waals surface area contributed by atoms with Crippen LogP contribution < -0.4 is 16.0 Å². The van der Waals surface area contributed by atoms with Crippen LogP contribution in [0, 0.1) is 11.3 Å². The summed E-state index contributed by atoms with van der Waals surface area (Å²) in [5.74, 6) is -4.53. The molecular formula is C29H42N4O7. The molecule has 1 aliphatic carbocycles. The Kier molecular flexibility index (Phi) is 11.1. The maximum absolute atomic E-state index is 13.8. The molecule has 1 heterocycles. The van der Waals surface area contributed by atoms with E-state index in [1.54, 1.807) is 19.2 Å². The van der Waals surface area contributed by atoms with Crippen molar-refractivity contribution in [1.82, 2.24) is 10.2 Å². The zero-order valence-corrected chi connectivity index (χ0v) is 23.3. The summed E-state index contributed by atoms with van der Waals surface area (Å²) in [6.45, 7) is 0.562. The number of carboxylic acids is 2. The number of carbonyl (C=O) groups is 5. The SMILES string of the molecule is CN(CCCCCN)C(=O)CC(CC1(C(=O)NC2CCc3ccccc3N(CC(=O)O)C2=O)CCCC1)C(=O)O. The number of hydrogen-bond donors (Lipinski definition) is 4. The first kappa shape index (κ1) is 31.1. The van der Waals surface area contributed by atoms with Crippen molar-refractivity contribution in [3.8, 4) is 0 Å². The predicted octanol–water partition coefficient (Wildman–Crippen LogP) is 2.16. The van der Waals surface area contributed by atoms with Gasteiger partial charge in [0.2, 0.25) is 17.7 Å². The molecule has 11 nitrogen and oxygen atoms in total. The lowest BCUT2D eigenvalue weighted by molar-refractivity contribution is -0.148. The third-order valence-corrected chi connectivity index (χ3v) is 8.22. The monoisotopic (exact) mass is 558 g/mol. The molecule has 3 rings (SSSR count). The Bertz CT molecular complexity index is 1090. The van der Waals surface area contributed by atoms with Gasteiger partial charge in [0, 0.05) is 25.7 Å². The lowest BCUT2D eigenvalue weighted by Crippen LogP contribution is -2.53. The number of benzene rings is 1. The van der Waals surface area contributed by atoms with Gasteiger partial charge < -0.3 is 26.2 Å². The average Bonchev–Trinajstić information content (AvgIpc) is 3.36. The van der Waals surface area contributed by atoms with E-state index in [1.807, 2.05) is 12.1 Å². The second kappa shape index (κ2) is 14.2. The van der Waals surface area contributed by atoms with Crippen molar-refractivity contribution < 1.29 is 34.2 Å². The van der Waals surface area contributed by atoms with Gasteiger partial charge in [0.05, 0.1) is 11.3 Å². The Morgan fingerprint density at radius 2 is 1.82 bits per heavy atom. The van der Waals surface area contributed by atoms with Crippen LogP contribution in [-0.4, -0.2) is 77.5 Å². The topological polar surface area (TPSA) is 170 Å². The third-order valence-electron chi connectivity index (χ3n) is 8.22. The molecule has 220 valence electrons. The second-order valence-corrected chi connectivity index (χ2v) is 11.1. The number of hydrogen-bond acceptors (Lipinski definition) is 6. The van der Waals surface area contributed by atoms with E-state index < -0.39 is 47.7 Å². The Labute approximate surface area is 235 Å². The molecule has 2 unspecified atom stereocenters. The number of aryl methyl sites for hydroxylation is 1. The van der Waals surface area contributed by atoms with Gasteiger partial charge in [-0.3, -0.25) is 28.9 Å². The van der Waals surface area contributed by atoms with E-state index in [4.69, 9.17) is 5.73 Å².